The van der Waals surface area contributed by atoms with Crippen molar-refractivity contribution in [1.82, 2.24) is 10.6 Å². The van der Waals surface area contributed by atoms with Crippen molar-refractivity contribution in [2.75, 3.05) is 7.11 Å². The second-order valence-corrected chi connectivity index (χ2v) is 4.91. The SMILES string of the molecule is COC(=O)c1ccccc1CNC(C)C(=O)NC(C)C. The van der Waals surface area contributed by atoms with Gasteiger partial charge in [0, 0.05) is 12.6 Å². The number of carbonyl (C=O) groups is 2. The summed E-state index contributed by atoms with van der Waals surface area (Å²) in [5, 5.41) is 5.94. The Labute approximate surface area is 119 Å². The predicted octanol–water partition coefficient (Wildman–Crippen LogP) is 1.48. The molecular weight excluding hydrogens is 256 g/mol. The lowest BCUT2D eigenvalue weighted by atomic mass is 10.1. The molecule has 110 valence electrons. The van der Waals surface area contributed by atoms with Crippen molar-refractivity contribution in [2.45, 2.75) is 39.4 Å². The number of ether oxygens (including phenoxy) is 1. The molecule has 20 heavy (non-hydrogen) atoms. The number of esters is 1. The van der Waals surface area contributed by atoms with Crippen molar-refractivity contribution < 1.29 is 14.3 Å². The van der Waals surface area contributed by atoms with E-state index in [1.807, 2.05) is 26.0 Å². The van der Waals surface area contributed by atoms with Crippen LogP contribution in [0.2, 0.25) is 0 Å². The minimum absolute atomic E-state index is 0.0597. The zero-order chi connectivity index (χ0) is 15.1. The molecule has 1 rings (SSSR count). The van der Waals surface area contributed by atoms with Gasteiger partial charge in [0.15, 0.2) is 0 Å². The van der Waals surface area contributed by atoms with Crippen LogP contribution in [0.5, 0.6) is 0 Å². The highest BCUT2D eigenvalue weighted by Crippen LogP contribution is 2.10. The van der Waals surface area contributed by atoms with E-state index in [-0.39, 0.29) is 24.0 Å². The summed E-state index contributed by atoms with van der Waals surface area (Å²) in [4.78, 5) is 23.4. The van der Waals surface area contributed by atoms with Crippen molar-refractivity contribution in [3.8, 4) is 0 Å². The number of methoxy groups -OCH3 is 1. The van der Waals surface area contributed by atoms with Gasteiger partial charge in [-0.2, -0.15) is 0 Å². The van der Waals surface area contributed by atoms with E-state index in [0.29, 0.717) is 12.1 Å². The van der Waals surface area contributed by atoms with Crippen molar-refractivity contribution in [3.63, 3.8) is 0 Å². The van der Waals surface area contributed by atoms with Gasteiger partial charge in [-0.25, -0.2) is 4.79 Å². The highest BCUT2D eigenvalue weighted by molar-refractivity contribution is 5.91. The standard InChI is InChI=1S/C15H22N2O3/c1-10(2)17-14(18)11(3)16-9-12-7-5-6-8-13(12)15(19)20-4/h5-8,10-11,16H,9H2,1-4H3,(H,17,18). The largest absolute Gasteiger partial charge is 0.465 e. The number of hydrogen-bond donors (Lipinski definition) is 2. The second kappa shape index (κ2) is 7.65. The fourth-order valence-corrected chi connectivity index (χ4v) is 1.75. The summed E-state index contributed by atoms with van der Waals surface area (Å²) in [6.45, 7) is 6.05. The summed E-state index contributed by atoms with van der Waals surface area (Å²) in [6, 6.07) is 6.96. The minimum Gasteiger partial charge on any atom is -0.465 e. The third kappa shape index (κ3) is 4.66. The molecule has 0 bridgehead atoms. The lowest BCUT2D eigenvalue weighted by molar-refractivity contribution is -0.123. The number of hydrogen-bond acceptors (Lipinski definition) is 4. The number of amides is 1. The normalized spacial score (nSPS) is 12.1. The Hall–Kier alpha value is -1.88. The Morgan fingerprint density at radius 3 is 2.45 bits per heavy atom. The predicted molar refractivity (Wildman–Crippen MR) is 77.4 cm³/mol. The van der Waals surface area contributed by atoms with Crippen molar-refractivity contribution >= 4 is 11.9 Å². The third-order valence-corrected chi connectivity index (χ3v) is 2.85. The molecule has 0 saturated heterocycles. The smallest absolute Gasteiger partial charge is 0.338 e. The van der Waals surface area contributed by atoms with Gasteiger partial charge in [-0.15, -0.1) is 0 Å². The maximum absolute atomic E-state index is 11.8. The molecule has 0 aliphatic carbocycles. The van der Waals surface area contributed by atoms with Crippen LogP contribution in [0.3, 0.4) is 0 Å². The number of rotatable bonds is 6. The molecule has 0 heterocycles. The Bertz CT molecular complexity index is 472. The fraction of sp³-hybridized carbons (Fsp3) is 0.467. The molecule has 0 radical (unpaired) electrons. The van der Waals surface area contributed by atoms with E-state index in [2.05, 4.69) is 10.6 Å². The highest BCUT2D eigenvalue weighted by Gasteiger charge is 2.15. The van der Waals surface area contributed by atoms with Crippen LogP contribution in [0.1, 0.15) is 36.7 Å². The summed E-state index contributed by atoms with van der Waals surface area (Å²) < 4.78 is 4.74. The average molecular weight is 278 g/mol. The molecule has 0 aliphatic rings. The van der Waals surface area contributed by atoms with Gasteiger partial charge in [-0.3, -0.25) is 4.79 Å². The van der Waals surface area contributed by atoms with E-state index in [4.69, 9.17) is 4.74 Å². The first-order valence-electron chi connectivity index (χ1n) is 6.65. The van der Waals surface area contributed by atoms with Crippen molar-refractivity contribution in [2.24, 2.45) is 0 Å². The summed E-state index contributed by atoms with van der Waals surface area (Å²) in [6.07, 6.45) is 0. The van der Waals surface area contributed by atoms with Crippen LogP contribution >= 0.6 is 0 Å². The first kappa shape index (κ1) is 16.2. The molecular formula is C15H22N2O3. The van der Waals surface area contributed by atoms with Crippen molar-refractivity contribution in [1.29, 1.82) is 0 Å². The maximum atomic E-state index is 11.8. The van der Waals surface area contributed by atoms with Gasteiger partial charge < -0.3 is 15.4 Å². The molecule has 0 spiro atoms. The molecule has 0 fully saturated rings. The summed E-state index contributed by atoms with van der Waals surface area (Å²) in [5.74, 6) is -0.433. The lowest BCUT2D eigenvalue weighted by Gasteiger charge is -2.16. The molecule has 5 nitrogen and oxygen atoms in total. The van der Waals surface area contributed by atoms with Gasteiger partial charge in [0.1, 0.15) is 0 Å². The summed E-state index contributed by atoms with van der Waals surface area (Å²) >= 11 is 0. The molecule has 1 aromatic rings. The highest BCUT2D eigenvalue weighted by atomic mass is 16.5. The van der Waals surface area contributed by atoms with Gasteiger partial charge in [0.2, 0.25) is 5.91 Å². The van der Waals surface area contributed by atoms with E-state index in [9.17, 15) is 9.59 Å². The van der Waals surface area contributed by atoms with E-state index in [1.54, 1.807) is 19.1 Å². The van der Waals surface area contributed by atoms with Crippen LogP contribution in [0, 0.1) is 0 Å². The number of carbonyl (C=O) groups excluding carboxylic acids is 2. The molecule has 0 saturated carbocycles. The molecule has 5 heteroatoms. The van der Waals surface area contributed by atoms with Gasteiger partial charge in [-0.1, -0.05) is 18.2 Å². The average Bonchev–Trinajstić information content (AvgIpc) is 2.43. The zero-order valence-corrected chi connectivity index (χ0v) is 12.4. The van der Waals surface area contributed by atoms with E-state index < -0.39 is 0 Å². The van der Waals surface area contributed by atoms with E-state index in [1.165, 1.54) is 7.11 Å². The molecule has 1 amide bonds. The van der Waals surface area contributed by atoms with E-state index >= 15 is 0 Å². The molecule has 0 aliphatic heterocycles. The first-order valence-corrected chi connectivity index (χ1v) is 6.65. The molecule has 1 atom stereocenters. The van der Waals surface area contributed by atoms with Gasteiger partial charge in [0.05, 0.1) is 18.7 Å². The maximum Gasteiger partial charge on any atom is 0.338 e. The van der Waals surface area contributed by atoms with Gasteiger partial charge >= 0.3 is 5.97 Å². The number of nitrogens with one attached hydrogen (secondary N) is 2. The van der Waals surface area contributed by atoms with Crippen LogP contribution in [-0.4, -0.2) is 31.1 Å². The molecule has 1 aromatic carbocycles. The Morgan fingerprint density at radius 2 is 1.85 bits per heavy atom. The van der Waals surface area contributed by atoms with Gasteiger partial charge in [0.25, 0.3) is 0 Å². The monoisotopic (exact) mass is 278 g/mol. The second-order valence-electron chi connectivity index (χ2n) is 4.91. The molecule has 0 aromatic heterocycles. The summed E-state index contributed by atoms with van der Waals surface area (Å²) in [5.41, 5.74) is 1.32. The minimum atomic E-state index is -0.373. The van der Waals surface area contributed by atoms with Crippen molar-refractivity contribution in [3.05, 3.63) is 35.4 Å². The van der Waals surface area contributed by atoms with E-state index in [0.717, 1.165) is 5.56 Å². The topological polar surface area (TPSA) is 67.4 Å². The molecule has 1 unspecified atom stereocenters. The van der Waals surface area contributed by atoms with Gasteiger partial charge in [-0.05, 0) is 32.4 Å². The third-order valence-electron chi connectivity index (χ3n) is 2.85. The van der Waals surface area contributed by atoms with Crippen LogP contribution in [0.4, 0.5) is 0 Å². The van der Waals surface area contributed by atoms with Crippen LogP contribution in [0.15, 0.2) is 24.3 Å². The zero-order valence-electron chi connectivity index (χ0n) is 12.4. The van der Waals surface area contributed by atoms with Crippen LogP contribution in [-0.2, 0) is 16.1 Å². The Kier molecular flexibility index (Phi) is 6.18. The lowest BCUT2D eigenvalue weighted by Crippen LogP contribution is -2.44. The first-order chi connectivity index (χ1) is 9.45. The summed E-state index contributed by atoms with van der Waals surface area (Å²) in [7, 11) is 1.35. The molecule has 2 N–H and O–H groups in total. The van der Waals surface area contributed by atoms with Crippen LogP contribution < -0.4 is 10.6 Å². The Balaban J connectivity index is 2.66. The fourth-order valence-electron chi connectivity index (χ4n) is 1.75. The van der Waals surface area contributed by atoms with Crippen LogP contribution in [0.25, 0.3) is 0 Å². The number of benzene rings is 1. The quantitative estimate of drug-likeness (QED) is 0.773. The Morgan fingerprint density at radius 1 is 1.20 bits per heavy atom.